The molecule has 37 heavy (non-hydrogen) atoms. The largest absolute Gasteiger partial charge is 0.508 e. The van der Waals surface area contributed by atoms with Gasteiger partial charge in [0.05, 0.1) is 11.5 Å². The Balaban J connectivity index is 1.21. The van der Waals surface area contributed by atoms with Crippen molar-refractivity contribution in [3.05, 3.63) is 23.3 Å². The van der Waals surface area contributed by atoms with Crippen molar-refractivity contribution in [3.63, 3.8) is 0 Å². The summed E-state index contributed by atoms with van der Waals surface area (Å²) in [6, 6.07) is 2.89. The highest BCUT2D eigenvalue weighted by Gasteiger charge is 2.38. The summed E-state index contributed by atoms with van der Waals surface area (Å²) >= 11 is 0. The van der Waals surface area contributed by atoms with Crippen molar-refractivity contribution in [2.24, 2.45) is 23.7 Å². The van der Waals surface area contributed by atoms with E-state index >= 15 is 0 Å². The van der Waals surface area contributed by atoms with Crippen molar-refractivity contribution in [2.75, 3.05) is 19.6 Å². The Morgan fingerprint density at radius 2 is 1.51 bits per heavy atom. The number of piperidine rings is 1. The van der Waals surface area contributed by atoms with Crippen LogP contribution in [0.15, 0.2) is 12.1 Å². The predicted molar refractivity (Wildman–Crippen MR) is 143 cm³/mol. The van der Waals surface area contributed by atoms with Crippen LogP contribution in [0.3, 0.4) is 0 Å². The van der Waals surface area contributed by atoms with Crippen LogP contribution in [0.2, 0.25) is 0 Å². The Kier molecular flexibility index (Phi) is 9.74. The minimum Gasteiger partial charge on any atom is -0.508 e. The molecule has 0 aromatic heterocycles. The normalized spacial score (nSPS) is 20.9. The van der Waals surface area contributed by atoms with E-state index in [9.17, 15) is 19.8 Å². The molecule has 1 aliphatic heterocycles. The molecule has 1 atom stereocenters. The maximum atomic E-state index is 13.1. The lowest BCUT2D eigenvalue weighted by Gasteiger charge is -2.33. The number of nitrogens with one attached hydrogen (secondary N) is 1. The minimum absolute atomic E-state index is 0.0178. The molecule has 4 rings (SSSR count). The maximum absolute atomic E-state index is 13.1. The van der Waals surface area contributed by atoms with Crippen LogP contribution in [0, 0.1) is 23.7 Å². The molecule has 3 fully saturated rings. The van der Waals surface area contributed by atoms with E-state index < -0.39 is 0 Å². The summed E-state index contributed by atoms with van der Waals surface area (Å²) in [5.41, 5.74) is 3.89. The summed E-state index contributed by atoms with van der Waals surface area (Å²) < 4.78 is 0. The first-order valence-corrected chi connectivity index (χ1v) is 14.6. The Morgan fingerprint density at radius 1 is 0.919 bits per heavy atom. The van der Waals surface area contributed by atoms with Crippen LogP contribution >= 0.6 is 0 Å². The number of amides is 1. The van der Waals surface area contributed by atoms with Crippen molar-refractivity contribution < 1.29 is 24.6 Å². The van der Waals surface area contributed by atoms with E-state index in [0.717, 1.165) is 44.9 Å². The third kappa shape index (κ3) is 6.98. The molecule has 1 aromatic carbocycles. The zero-order chi connectivity index (χ0) is 26.4. The number of hydrogen-bond donors (Lipinski definition) is 3. The summed E-state index contributed by atoms with van der Waals surface area (Å²) in [6.07, 6.45) is 13.5. The van der Waals surface area contributed by atoms with Gasteiger partial charge in [-0.2, -0.15) is 5.48 Å². The SMILES string of the molecule is CC(C)c1cc(C(=O)N2CCC(CCNOC(=O)[C@H](C3CCCCC3)C3CCCC3)CC2)c(O)cc1O. The zero-order valence-corrected chi connectivity index (χ0v) is 22.7. The van der Waals surface area contributed by atoms with Gasteiger partial charge in [-0.25, -0.2) is 0 Å². The van der Waals surface area contributed by atoms with Crippen molar-refractivity contribution in [1.29, 1.82) is 0 Å². The molecule has 0 unspecified atom stereocenters. The van der Waals surface area contributed by atoms with E-state index in [1.54, 1.807) is 11.0 Å². The van der Waals surface area contributed by atoms with Crippen LogP contribution < -0.4 is 5.48 Å². The van der Waals surface area contributed by atoms with Crippen LogP contribution in [-0.2, 0) is 9.63 Å². The molecule has 2 aliphatic carbocycles. The van der Waals surface area contributed by atoms with Crippen LogP contribution in [0.5, 0.6) is 11.5 Å². The fourth-order valence-corrected chi connectivity index (χ4v) is 6.86. The topological polar surface area (TPSA) is 99.1 Å². The predicted octanol–water partition coefficient (Wildman–Crippen LogP) is 5.90. The average Bonchev–Trinajstić information content (AvgIpc) is 3.41. The van der Waals surface area contributed by atoms with Gasteiger partial charge in [-0.1, -0.05) is 46.0 Å². The van der Waals surface area contributed by atoms with Gasteiger partial charge < -0.3 is 20.0 Å². The van der Waals surface area contributed by atoms with Crippen molar-refractivity contribution in [1.82, 2.24) is 10.4 Å². The number of carbonyl (C=O) groups is 2. The molecule has 2 saturated carbocycles. The number of rotatable bonds is 9. The summed E-state index contributed by atoms with van der Waals surface area (Å²) in [6.45, 7) is 5.78. The quantitative estimate of drug-likeness (QED) is 0.280. The molecule has 7 heteroatoms. The number of phenols is 2. The second kappa shape index (κ2) is 13.0. The Hall–Kier alpha value is -2.28. The van der Waals surface area contributed by atoms with Gasteiger partial charge in [0.2, 0.25) is 0 Å². The molecule has 206 valence electrons. The van der Waals surface area contributed by atoms with Gasteiger partial charge in [0.1, 0.15) is 11.5 Å². The monoisotopic (exact) mass is 514 g/mol. The number of carbonyl (C=O) groups excluding carboxylic acids is 2. The van der Waals surface area contributed by atoms with Crippen LogP contribution in [0.1, 0.15) is 113 Å². The molecular formula is C30H46N2O5. The van der Waals surface area contributed by atoms with E-state index in [2.05, 4.69) is 5.48 Å². The van der Waals surface area contributed by atoms with Gasteiger partial charge in [0, 0.05) is 25.7 Å². The number of benzene rings is 1. The molecule has 3 aliphatic rings. The fourth-order valence-electron chi connectivity index (χ4n) is 6.86. The molecule has 0 spiro atoms. The number of hydrogen-bond acceptors (Lipinski definition) is 6. The molecule has 1 saturated heterocycles. The standard InChI is InChI=1S/C30H46N2O5/c1-20(2)24-18-25(27(34)19-26(24)33)29(35)32-16-13-21(14-17-32)12-15-31-37-30(36)28(23-10-6-7-11-23)22-8-4-3-5-9-22/h18-23,28,31,33-34H,3-17H2,1-2H3/t28-/m1/s1. The Bertz CT molecular complexity index is 913. The van der Waals surface area contributed by atoms with E-state index in [1.165, 1.54) is 38.2 Å². The molecule has 7 nitrogen and oxygen atoms in total. The first kappa shape index (κ1) is 27.7. The highest BCUT2D eigenvalue weighted by molar-refractivity contribution is 5.97. The fraction of sp³-hybridized carbons (Fsp3) is 0.733. The van der Waals surface area contributed by atoms with Crippen molar-refractivity contribution in [2.45, 2.75) is 96.8 Å². The molecule has 1 amide bonds. The van der Waals surface area contributed by atoms with Gasteiger partial charge in [0.15, 0.2) is 0 Å². The molecule has 1 aromatic rings. The van der Waals surface area contributed by atoms with Gasteiger partial charge >= 0.3 is 5.97 Å². The van der Waals surface area contributed by atoms with E-state index in [1.807, 2.05) is 13.8 Å². The van der Waals surface area contributed by atoms with E-state index in [4.69, 9.17) is 4.84 Å². The number of nitrogens with zero attached hydrogens (tertiary/aromatic N) is 1. The smallest absolute Gasteiger partial charge is 0.328 e. The van der Waals surface area contributed by atoms with Gasteiger partial charge in [-0.3, -0.25) is 9.59 Å². The summed E-state index contributed by atoms with van der Waals surface area (Å²) in [4.78, 5) is 33.6. The Labute approximate surface area is 221 Å². The molecule has 3 N–H and O–H groups in total. The van der Waals surface area contributed by atoms with Crippen LogP contribution in [0.4, 0.5) is 0 Å². The van der Waals surface area contributed by atoms with Crippen LogP contribution in [-0.4, -0.2) is 46.6 Å². The number of aromatic hydroxyl groups is 2. The second-order valence-electron chi connectivity index (χ2n) is 11.9. The lowest BCUT2D eigenvalue weighted by molar-refractivity contribution is -0.161. The van der Waals surface area contributed by atoms with Gasteiger partial charge in [-0.05, 0) is 80.2 Å². The number of phenolic OH excluding ortho intramolecular Hbond substituents is 2. The van der Waals surface area contributed by atoms with E-state index in [0.29, 0.717) is 43.0 Å². The molecule has 0 bridgehead atoms. The highest BCUT2D eigenvalue weighted by atomic mass is 16.7. The first-order chi connectivity index (χ1) is 17.8. The van der Waals surface area contributed by atoms with E-state index in [-0.39, 0.29) is 40.8 Å². The minimum atomic E-state index is -0.189. The van der Waals surface area contributed by atoms with Crippen LogP contribution in [0.25, 0.3) is 0 Å². The third-order valence-corrected chi connectivity index (χ3v) is 9.06. The summed E-state index contributed by atoms with van der Waals surface area (Å²) in [7, 11) is 0. The lowest BCUT2D eigenvalue weighted by Crippen LogP contribution is -2.39. The third-order valence-electron chi connectivity index (χ3n) is 9.06. The average molecular weight is 515 g/mol. The first-order valence-electron chi connectivity index (χ1n) is 14.6. The molecule has 0 radical (unpaired) electrons. The zero-order valence-electron chi connectivity index (χ0n) is 22.7. The molecule has 1 heterocycles. The molecular weight excluding hydrogens is 468 g/mol. The lowest BCUT2D eigenvalue weighted by atomic mass is 9.73. The van der Waals surface area contributed by atoms with Crippen molar-refractivity contribution >= 4 is 11.9 Å². The van der Waals surface area contributed by atoms with Crippen molar-refractivity contribution in [3.8, 4) is 11.5 Å². The Morgan fingerprint density at radius 3 is 2.11 bits per heavy atom. The number of hydroxylamine groups is 1. The van der Waals surface area contributed by atoms with Gasteiger partial charge in [0.25, 0.3) is 5.91 Å². The van der Waals surface area contributed by atoms with Gasteiger partial charge in [-0.15, -0.1) is 0 Å². The second-order valence-corrected chi connectivity index (χ2v) is 11.9. The summed E-state index contributed by atoms with van der Waals surface area (Å²) in [5.74, 6) is 1.14. The highest BCUT2D eigenvalue weighted by Crippen LogP contribution is 2.41. The maximum Gasteiger partial charge on any atom is 0.328 e. The summed E-state index contributed by atoms with van der Waals surface area (Å²) in [5, 5.41) is 20.4. The number of likely N-dealkylation sites (tertiary alicyclic amines) is 1.